The minimum Gasteiger partial charge on any atom is -0.508 e. The van der Waals surface area contributed by atoms with Gasteiger partial charge in [-0.2, -0.15) is 0 Å². The molecule has 1 amide bonds. The topological polar surface area (TPSA) is 111 Å². The number of fused-ring (bicyclic) bond motifs is 1. The van der Waals surface area contributed by atoms with Crippen LogP contribution in [0.25, 0.3) is 10.8 Å². The quantitative estimate of drug-likeness (QED) is 0.166. The first-order chi connectivity index (χ1) is 19.3. The van der Waals surface area contributed by atoms with Crippen molar-refractivity contribution in [2.45, 2.75) is 44.8 Å². The number of hydrogen-bond acceptors (Lipinski definition) is 6. The molecule has 0 fully saturated rings. The minimum absolute atomic E-state index is 0.00895. The summed E-state index contributed by atoms with van der Waals surface area (Å²) in [5.74, 6) is 0.656. The molecule has 5 N–H and O–H groups in total. The molecule has 210 valence electrons. The highest BCUT2D eigenvalue weighted by Crippen LogP contribution is 2.25. The van der Waals surface area contributed by atoms with E-state index in [1.807, 2.05) is 36.4 Å². The molecular formula is C33H38N2O5. The Hall–Kier alpha value is -4.07. The lowest BCUT2D eigenvalue weighted by atomic mass is 10.00. The van der Waals surface area contributed by atoms with E-state index in [0.717, 1.165) is 46.9 Å². The normalized spacial score (nSPS) is 12.7. The number of carbonyl (C=O) groups is 1. The van der Waals surface area contributed by atoms with Crippen molar-refractivity contribution in [1.82, 2.24) is 10.6 Å². The minimum atomic E-state index is -0.861. The second-order valence-corrected chi connectivity index (χ2v) is 10.2. The van der Waals surface area contributed by atoms with Crippen molar-refractivity contribution >= 4 is 16.7 Å². The first-order valence-electron chi connectivity index (χ1n) is 13.7. The Labute approximate surface area is 235 Å². The SMILES string of the molecule is CCC(Cc1cccc(CC(=O)NCCc2ccc3cc(OC)ccc3c2)c1)NCC(O)c1cc(O)cc(O)c1. The average molecular weight is 543 g/mol. The molecule has 0 aliphatic carbocycles. The van der Waals surface area contributed by atoms with Gasteiger partial charge in [-0.05, 0) is 76.6 Å². The van der Waals surface area contributed by atoms with E-state index in [-0.39, 0.29) is 30.0 Å². The molecule has 2 unspecified atom stereocenters. The maximum atomic E-state index is 12.6. The number of rotatable bonds is 13. The van der Waals surface area contributed by atoms with E-state index in [0.29, 0.717) is 18.5 Å². The lowest BCUT2D eigenvalue weighted by Crippen LogP contribution is -2.34. The van der Waals surface area contributed by atoms with Crippen LogP contribution in [-0.2, 0) is 24.1 Å². The summed E-state index contributed by atoms with van der Waals surface area (Å²) in [4.78, 5) is 12.6. The number of hydrogen-bond donors (Lipinski definition) is 5. The third kappa shape index (κ3) is 8.21. The van der Waals surface area contributed by atoms with Gasteiger partial charge in [-0.3, -0.25) is 4.79 Å². The lowest BCUT2D eigenvalue weighted by Gasteiger charge is -2.20. The molecule has 2 atom stereocenters. The highest BCUT2D eigenvalue weighted by Gasteiger charge is 2.14. The summed E-state index contributed by atoms with van der Waals surface area (Å²) in [5, 5.41) is 38.5. The summed E-state index contributed by atoms with van der Waals surface area (Å²) in [7, 11) is 1.66. The van der Waals surface area contributed by atoms with Crippen LogP contribution < -0.4 is 15.4 Å². The third-order valence-electron chi connectivity index (χ3n) is 7.09. The molecular weight excluding hydrogens is 504 g/mol. The van der Waals surface area contributed by atoms with Gasteiger partial charge < -0.3 is 30.7 Å². The lowest BCUT2D eigenvalue weighted by molar-refractivity contribution is -0.120. The smallest absolute Gasteiger partial charge is 0.224 e. The van der Waals surface area contributed by atoms with Crippen molar-refractivity contribution in [3.8, 4) is 17.2 Å². The predicted octanol–water partition coefficient (Wildman–Crippen LogP) is 4.81. The molecule has 4 aromatic carbocycles. The van der Waals surface area contributed by atoms with Crippen LogP contribution in [0.15, 0.2) is 78.9 Å². The van der Waals surface area contributed by atoms with E-state index in [2.05, 4.69) is 41.8 Å². The Morgan fingerprint density at radius 2 is 1.60 bits per heavy atom. The fourth-order valence-electron chi connectivity index (χ4n) is 4.87. The first kappa shape index (κ1) is 28.9. The summed E-state index contributed by atoms with van der Waals surface area (Å²) >= 11 is 0. The number of aliphatic hydroxyl groups excluding tert-OH is 1. The summed E-state index contributed by atoms with van der Waals surface area (Å²) in [6.45, 7) is 2.93. The van der Waals surface area contributed by atoms with E-state index in [4.69, 9.17) is 4.74 Å². The summed E-state index contributed by atoms with van der Waals surface area (Å²) in [5.41, 5.74) is 3.69. The van der Waals surface area contributed by atoms with E-state index in [9.17, 15) is 20.1 Å². The van der Waals surface area contributed by atoms with Crippen LogP contribution >= 0.6 is 0 Å². The van der Waals surface area contributed by atoms with Crippen LogP contribution in [0.4, 0.5) is 0 Å². The van der Waals surface area contributed by atoms with Crippen LogP contribution in [0, 0.1) is 0 Å². The van der Waals surface area contributed by atoms with E-state index in [1.54, 1.807) is 7.11 Å². The number of benzene rings is 4. The number of methoxy groups -OCH3 is 1. The zero-order chi connectivity index (χ0) is 28.5. The zero-order valence-electron chi connectivity index (χ0n) is 23.1. The standard InChI is InChI=1S/C33H38N2O5/c1-3-28(35-21-32(38)27-17-29(36)20-30(37)18-27)15-23-5-4-6-24(13-23)16-33(39)34-12-11-22-7-8-26-19-31(40-2)10-9-25(26)14-22/h4-10,13-14,17-20,28,32,35-38H,3,11-12,15-16,21H2,1-2H3,(H,34,39). The van der Waals surface area contributed by atoms with Crippen molar-refractivity contribution in [3.05, 3.63) is 101 Å². The molecule has 7 heteroatoms. The number of ether oxygens (including phenoxy) is 1. The molecule has 40 heavy (non-hydrogen) atoms. The number of aromatic hydroxyl groups is 2. The molecule has 0 aliphatic heterocycles. The van der Waals surface area contributed by atoms with Gasteiger partial charge in [-0.25, -0.2) is 0 Å². The molecule has 0 heterocycles. The average Bonchev–Trinajstić information content (AvgIpc) is 2.94. The van der Waals surface area contributed by atoms with Gasteiger partial charge >= 0.3 is 0 Å². The number of aliphatic hydroxyl groups is 1. The van der Waals surface area contributed by atoms with Crippen molar-refractivity contribution in [2.24, 2.45) is 0 Å². The number of carbonyl (C=O) groups excluding carboxylic acids is 1. The first-order valence-corrected chi connectivity index (χ1v) is 13.7. The van der Waals surface area contributed by atoms with Crippen molar-refractivity contribution < 1.29 is 24.9 Å². The van der Waals surface area contributed by atoms with E-state index < -0.39 is 6.10 Å². The van der Waals surface area contributed by atoms with Crippen LogP contribution in [-0.4, -0.2) is 47.5 Å². The number of phenols is 2. The number of amides is 1. The van der Waals surface area contributed by atoms with Crippen LogP contribution in [0.5, 0.6) is 17.2 Å². The monoisotopic (exact) mass is 542 g/mol. The molecule has 0 aliphatic rings. The molecule has 0 spiro atoms. The third-order valence-corrected chi connectivity index (χ3v) is 7.09. The maximum absolute atomic E-state index is 12.6. The Balaban J connectivity index is 1.25. The highest BCUT2D eigenvalue weighted by molar-refractivity contribution is 5.84. The van der Waals surface area contributed by atoms with Gasteiger partial charge in [0.25, 0.3) is 0 Å². The molecule has 0 saturated carbocycles. The van der Waals surface area contributed by atoms with E-state index >= 15 is 0 Å². The van der Waals surface area contributed by atoms with Crippen molar-refractivity contribution in [1.29, 1.82) is 0 Å². The Bertz CT molecular complexity index is 1420. The molecule has 0 saturated heterocycles. The van der Waals surface area contributed by atoms with E-state index in [1.165, 1.54) is 23.8 Å². The van der Waals surface area contributed by atoms with Gasteiger partial charge in [0, 0.05) is 25.2 Å². The molecule has 0 radical (unpaired) electrons. The molecule has 4 rings (SSSR count). The fourth-order valence-corrected chi connectivity index (χ4v) is 4.87. The number of nitrogens with one attached hydrogen (secondary N) is 2. The molecule has 0 bridgehead atoms. The van der Waals surface area contributed by atoms with Gasteiger partial charge in [-0.1, -0.05) is 55.5 Å². The van der Waals surface area contributed by atoms with Crippen LogP contribution in [0.3, 0.4) is 0 Å². The van der Waals surface area contributed by atoms with Gasteiger partial charge in [0.15, 0.2) is 0 Å². The maximum Gasteiger partial charge on any atom is 0.224 e. The Morgan fingerprint density at radius 1 is 0.875 bits per heavy atom. The van der Waals surface area contributed by atoms with Gasteiger partial charge in [-0.15, -0.1) is 0 Å². The van der Waals surface area contributed by atoms with Crippen molar-refractivity contribution in [2.75, 3.05) is 20.2 Å². The Morgan fingerprint density at radius 3 is 2.35 bits per heavy atom. The molecule has 4 aromatic rings. The second kappa shape index (κ2) is 13.8. The summed E-state index contributed by atoms with van der Waals surface area (Å²) < 4.78 is 5.29. The predicted molar refractivity (Wildman–Crippen MR) is 158 cm³/mol. The van der Waals surface area contributed by atoms with Crippen LogP contribution in [0.2, 0.25) is 0 Å². The second-order valence-electron chi connectivity index (χ2n) is 10.2. The summed E-state index contributed by atoms with van der Waals surface area (Å²) in [6, 6.07) is 24.6. The van der Waals surface area contributed by atoms with Gasteiger partial charge in [0.1, 0.15) is 17.2 Å². The molecule has 7 nitrogen and oxygen atoms in total. The highest BCUT2D eigenvalue weighted by atomic mass is 16.5. The van der Waals surface area contributed by atoms with Crippen LogP contribution in [0.1, 0.15) is 41.7 Å². The summed E-state index contributed by atoms with van der Waals surface area (Å²) in [6.07, 6.45) is 1.81. The fraction of sp³-hybridized carbons (Fsp3) is 0.303. The zero-order valence-corrected chi connectivity index (χ0v) is 23.1. The Kier molecular flexibility index (Phi) is 10.00. The largest absolute Gasteiger partial charge is 0.508 e. The molecule has 0 aromatic heterocycles. The van der Waals surface area contributed by atoms with Crippen molar-refractivity contribution in [3.63, 3.8) is 0 Å². The van der Waals surface area contributed by atoms with Gasteiger partial charge in [0.05, 0.1) is 19.6 Å². The van der Waals surface area contributed by atoms with Gasteiger partial charge in [0.2, 0.25) is 5.91 Å². The number of phenolic OH excluding ortho intramolecular Hbond substituents is 2.